The summed E-state index contributed by atoms with van der Waals surface area (Å²) in [4.78, 5) is 17.1. The lowest BCUT2D eigenvalue weighted by Crippen LogP contribution is -2.51. The van der Waals surface area contributed by atoms with Crippen LogP contribution in [0.4, 0.5) is 0 Å². The first-order valence-electron chi connectivity index (χ1n) is 9.19. The van der Waals surface area contributed by atoms with Crippen molar-refractivity contribution in [2.45, 2.75) is 26.3 Å². The van der Waals surface area contributed by atoms with Crippen LogP contribution in [0, 0.1) is 12.8 Å². The van der Waals surface area contributed by atoms with E-state index in [1.807, 2.05) is 23.6 Å². The largest absolute Gasteiger partial charge is 0.340 e. The zero-order valence-electron chi connectivity index (χ0n) is 16.3. The predicted octanol–water partition coefficient (Wildman–Crippen LogP) is 0.466. The molecule has 1 aromatic rings. The van der Waals surface area contributed by atoms with E-state index in [4.69, 9.17) is 0 Å². The van der Waals surface area contributed by atoms with Crippen molar-refractivity contribution in [1.29, 1.82) is 0 Å². The van der Waals surface area contributed by atoms with Crippen molar-refractivity contribution in [1.82, 2.24) is 23.9 Å². The number of halogens is 1. The first-order chi connectivity index (χ1) is 12.2. The molecule has 0 radical (unpaired) electrons. The van der Waals surface area contributed by atoms with Crippen molar-refractivity contribution >= 4 is 28.3 Å². The third-order valence-corrected chi connectivity index (χ3v) is 6.77. The van der Waals surface area contributed by atoms with Gasteiger partial charge in [0, 0.05) is 70.5 Å². The fourth-order valence-electron chi connectivity index (χ4n) is 3.86. The molecule has 0 aliphatic carbocycles. The summed E-state index contributed by atoms with van der Waals surface area (Å²) in [5.41, 5.74) is 2.30. The van der Waals surface area contributed by atoms with Crippen molar-refractivity contribution in [2.75, 3.05) is 45.5 Å². The van der Waals surface area contributed by atoms with Crippen LogP contribution in [0.3, 0.4) is 0 Å². The highest BCUT2D eigenvalue weighted by Crippen LogP contribution is 2.22. The van der Waals surface area contributed by atoms with Crippen LogP contribution in [0.25, 0.3) is 0 Å². The van der Waals surface area contributed by atoms with Crippen molar-refractivity contribution in [2.24, 2.45) is 13.0 Å². The van der Waals surface area contributed by atoms with Crippen molar-refractivity contribution in [3.8, 4) is 0 Å². The van der Waals surface area contributed by atoms with E-state index in [-0.39, 0.29) is 24.2 Å². The number of aromatic nitrogens is 2. The Morgan fingerprint density at radius 2 is 1.74 bits per heavy atom. The number of piperazine rings is 1. The molecule has 0 unspecified atom stereocenters. The van der Waals surface area contributed by atoms with Gasteiger partial charge in [0.25, 0.3) is 0 Å². The molecule has 2 fully saturated rings. The van der Waals surface area contributed by atoms with E-state index in [2.05, 4.69) is 16.2 Å². The Labute approximate surface area is 167 Å². The molecule has 0 N–H and O–H groups in total. The van der Waals surface area contributed by atoms with Gasteiger partial charge in [-0.05, 0) is 19.8 Å². The lowest BCUT2D eigenvalue weighted by molar-refractivity contribution is -0.138. The normalized spacial score (nSPS) is 20.5. The lowest BCUT2D eigenvalue weighted by Gasteiger charge is -2.38. The van der Waals surface area contributed by atoms with Gasteiger partial charge in [-0.15, -0.1) is 12.4 Å². The highest BCUT2D eigenvalue weighted by molar-refractivity contribution is 7.88. The minimum absolute atomic E-state index is 0. The molecule has 3 rings (SSSR count). The minimum Gasteiger partial charge on any atom is -0.340 e. The van der Waals surface area contributed by atoms with Crippen LogP contribution < -0.4 is 0 Å². The van der Waals surface area contributed by atoms with Gasteiger partial charge < -0.3 is 4.90 Å². The summed E-state index contributed by atoms with van der Waals surface area (Å²) in [5, 5.41) is 4.38. The lowest BCUT2D eigenvalue weighted by atomic mass is 9.96. The zero-order chi connectivity index (χ0) is 18.9. The Morgan fingerprint density at radius 1 is 1.15 bits per heavy atom. The number of sulfonamides is 1. The molecule has 2 saturated heterocycles. The average molecular weight is 420 g/mol. The summed E-state index contributed by atoms with van der Waals surface area (Å²) in [5.74, 6) is 0.149. The summed E-state index contributed by atoms with van der Waals surface area (Å²) >= 11 is 0. The Morgan fingerprint density at radius 3 is 2.22 bits per heavy atom. The monoisotopic (exact) mass is 419 g/mol. The Bertz CT molecular complexity index is 751. The van der Waals surface area contributed by atoms with E-state index < -0.39 is 10.0 Å². The first-order valence-corrected chi connectivity index (χ1v) is 11.0. The molecule has 0 spiro atoms. The molecule has 3 heterocycles. The molecular formula is C17H30ClN5O3S. The van der Waals surface area contributed by atoms with Gasteiger partial charge in [0.1, 0.15) is 0 Å². The molecule has 10 heteroatoms. The maximum Gasteiger partial charge on any atom is 0.225 e. The van der Waals surface area contributed by atoms with E-state index in [9.17, 15) is 13.2 Å². The number of nitrogens with zero attached hydrogens (tertiary/aromatic N) is 5. The molecule has 8 nitrogen and oxygen atoms in total. The maximum absolute atomic E-state index is 12.8. The number of rotatable bonds is 4. The highest BCUT2D eigenvalue weighted by atomic mass is 35.5. The van der Waals surface area contributed by atoms with Gasteiger partial charge >= 0.3 is 0 Å². The first kappa shape index (κ1) is 22.1. The zero-order valence-corrected chi connectivity index (χ0v) is 17.9. The molecule has 0 bridgehead atoms. The van der Waals surface area contributed by atoms with Gasteiger partial charge in [0.05, 0.1) is 11.9 Å². The van der Waals surface area contributed by atoms with Crippen LogP contribution in [0.5, 0.6) is 0 Å². The van der Waals surface area contributed by atoms with Crippen LogP contribution in [-0.2, 0) is 28.4 Å². The Kier molecular flexibility index (Phi) is 7.29. The third-order valence-electron chi connectivity index (χ3n) is 5.47. The number of amides is 1. The predicted molar refractivity (Wildman–Crippen MR) is 106 cm³/mol. The summed E-state index contributed by atoms with van der Waals surface area (Å²) < 4.78 is 26.5. The molecule has 2 aliphatic rings. The van der Waals surface area contributed by atoms with Crippen LogP contribution in [0.2, 0.25) is 0 Å². The summed E-state index contributed by atoms with van der Waals surface area (Å²) in [6.45, 7) is 7.01. The van der Waals surface area contributed by atoms with Crippen molar-refractivity contribution < 1.29 is 13.2 Å². The van der Waals surface area contributed by atoms with Gasteiger partial charge in [-0.2, -0.15) is 5.10 Å². The van der Waals surface area contributed by atoms with Crippen LogP contribution in [0.15, 0.2) is 6.20 Å². The smallest absolute Gasteiger partial charge is 0.225 e. The number of carbonyl (C=O) groups is 1. The summed E-state index contributed by atoms with van der Waals surface area (Å²) in [7, 11) is -1.21. The van der Waals surface area contributed by atoms with Crippen molar-refractivity contribution in [3.63, 3.8) is 0 Å². The number of piperidine rings is 1. The Hall–Kier alpha value is -1.16. The number of carbonyl (C=O) groups excluding carboxylic acids is 1. The topological polar surface area (TPSA) is 78.8 Å². The van der Waals surface area contributed by atoms with Gasteiger partial charge in [0.15, 0.2) is 0 Å². The number of hydrogen-bond donors (Lipinski definition) is 0. The van der Waals surface area contributed by atoms with Gasteiger partial charge in [-0.1, -0.05) is 0 Å². The second-order valence-electron chi connectivity index (χ2n) is 7.45. The van der Waals surface area contributed by atoms with E-state index in [1.54, 1.807) is 0 Å². The van der Waals surface area contributed by atoms with Crippen LogP contribution >= 0.6 is 12.4 Å². The van der Waals surface area contributed by atoms with Crippen molar-refractivity contribution in [3.05, 3.63) is 17.5 Å². The standard InChI is InChI=1S/C17H29N5O3S.ClH/c1-14-16(12-19(2)18-14)13-20-8-10-21(11-9-20)17(23)15-4-6-22(7-5-15)26(3,24)25;/h12,15H,4-11,13H2,1-3H3;1H. The summed E-state index contributed by atoms with van der Waals surface area (Å²) in [6, 6.07) is 0. The van der Waals surface area contributed by atoms with E-state index in [0.717, 1.165) is 38.4 Å². The molecule has 2 aliphatic heterocycles. The average Bonchev–Trinajstić information content (AvgIpc) is 2.91. The molecule has 0 saturated carbocycles. The molecule has 0 aromatic carbocycles. The fourth-order valence-corrected chi connectivity index (χ4v) is 4.74. The second-order valence-corrected chi connectivity index (χ2v) is 9.43. The molecule has 1 aromatic heterocycles. The van der Waals surface area contributed by atoms with Crippen LogP contribution in [0.1, 0.15) is 24.1 Å². The van der Waals surface area contributed by atoms with Gasteiger partial charge in [-0.25, -0.2) is 12.7 Å². The van der Waals surface area contributed by atoms with Crippen LogP contribution in [-0.4, -0.2) is 83.7 Å². The number of aryl methyl sites for hydroxylation is 2. The second kappa shape index (κ2) is 8.89. The number of hydrogen-bond acceptors (Lipinski definition) is 5. The SMILES string of the molecule is Cc1nn(C)cc1CN1CCN(C(=O)C2CCN(S(C)(=O)=O)CC2)CC1.Cl. The molecular weight excluding hydrogens is 390 g/mol. The Balaban J connectivity index is 0.00000261. The molecule has 27 heavy (non-hydrogen) atoms. The molecule has 154 valence electrons. The molecule has 1 amide bonds. The highest BCUT2D eigenvalue weighted by Gasteiger charge is 2.32. The molecule has 0 atom stereocenters. The van der Waals surface area contributed by atoms with E-state index in [1.165, 1.54) is 16.1 Å². The summed E-state index contributed by atoms with van der Waals surface area (Å²) in [6.07, 6.45) is 4.54. The van der Waals surface area contributed by atoms with Gasteiger partial charge in [-0.3, -0.25) is 14.4 Å². The maximum atomic E-state index is 12.8. The fraction of sp³-hybridized carbons (Fsp3) is 0.765. The minimum atomic E-state index is -3.14. The van der Waals surface area contributed by atoms with E-state index >= 15 is 0 Å². The van der Waals surface area contributed by atoms with E-state index in [0.29, 0.717) is 25.9 Å². The third kappa shape index (κ3) is 5.43. The van der Waals surface area contributed by atoms with Gasteiger partial charge in [0.2, 0.25) is 15.9 Å². The quantitative estimate of drug-likeness (QED) is 0.708.